The van der Waals surface area contributed by atoms with Crippen molar-refractivity contribution in [2.45, 2.75) is 38.9 Å². The Balaban J connectivity index is 1.81. The van der Waals surface area contributed by atoms with Gasteiger partial charge in [0.05, 0.1) is 0 Å². The Labute approximate surface area is 97.9 Å². The SMILES string of the molecule is CC(C)NC1CCN(Cc2ccncc2)C1. The summed E-state index contributed by atoms with van der Waals surface area (Å²) in [4.78, 5) is 6.55. The van der Waals surface area contributed by atoms with Crippen molar-refractivity contribution in [3.63, 3.8) is 0 Å². The number of nitrogens with zero attached hydrogens (tertiary/aromatic N) is 2. The molecular formula is C13H21N3. The second kappa shape index (κ2) is 5.41. The fraction of sp³-hybridized carbons (Fsp3) is 0.615. The Kier molecular flexibility index (Phi) is 3.91. The van der Waals surface area contributed by atoms with Crippen molar-refractivity contribution < 1.29 is 0 Å². The molecule has 0 radical (unpaired) electrons. The smallest absolute Gasteiger partial charge is 0.0271 e. The highest BCUT2D eigenvalue weighted by molar-refractivity contribution is 5.09. The minimum absolute atomic E-state index is 0.589. The minimum atomic E-state index is 0.589. The van der Waals surface area contributed by atoms with Gasteiger partial charge in [-0.15, -0.1) is 0 Å². The van der Waals surface area contributed by atoms with Crippen molar-refractivity contribution in [1.82, 2.24) is 15.2 Å². The Bertz CT molecular complexity index is 310. The van der Waals surface area contributed by atoms with Gasteiger partial charge in [-0.1, -0.05) is 13.8 Å². The van der Waals surface area contributed by atoms with Crippen LogP contribution < -0.4 is 5.32 Å². The molecule has 2 rings (SSSR count). The summed E-state index contributed by atoms with van der Waals surface area (Å²) in [7, 11) is 0. The molecule has 0 aromatic carbocycles. The third-order valence-corrected chi connectivity index (χ3v) is 3.00. The maximum Gasteiger partial charge on any atom is 0.0271 e. The molecule has 1 atom stereocenters. The van der Waals surface area contributed by atoms with Gasteiger partial charge in [-0.2, -0.15) is 0 Å². The maximum atomic E-state index is 4.04. The van der Waals surface area contributed by atoms with Crippen LogP contribution in [0, 0.1) is 0 Å². The Morgan fingerprint density at radius 1 is 1.44 bits per heavy atom. The summed E-state index contributed by atoms with van der Waals surface area (Å²) in [5.74, 6) is 0. The van der Waals surface area contributed by atoms with Crippen LogP contribution in [-0.4, -0.2) is 35.1 Å². The Morgan fingerprint density at radius 3 is 2.88 bits per heavy atom. The number of likely N-dealkylation sites (tertiary alicyclic amines) is 1. The van der Waals surface area contributed by atoms with Gasteiger partial charge in [-0.3, -0.25) is 9.88 Å². The first kappa shape index (κ1) is 11.6. The molecule has 1 aromatic rings. The van der Waals surface area contributed by atoms with E-state index in [9.17, 15) is 0 Å². The van der Waals surface area contributed by atoms with Gasteiger partial charge in [0.1, 0.15) is 0 Å². The van der Waals surface area contributed by atoms with Crippen molar-refractivity contribution in [3.05, 3.63) is 30.1 Å². The minimum Gasteiger partial charge on any atom is -0.310 e. The van der Waals surface area contributed by atoms with Crippen LogP contribution in [0.4, 0.5) is 0 Å². The maximum absolute atomic E-state index is 4.04. The van der Waals surface area contributed by atoms with Gasteiger partial charge >= 0.3 is 0 Å². The predicted molar refractivity (Wildman–Crippen MR) is 66.2 cm³/mol. The summed E-state index contributed by atoms with van der Waals surface area (Å²) in [6.45, 7) is 7.85. The average Bonchev–Trinajstić information content (AvgIpc) is 2.66. The summed E-state index contributed by atoms with van der Waals surface area (Å²) < 4.78 is 0. The number of aromatic nitrogens is 1. The fourth-order valence-electron chi connectivity index (χ4n) is 2.33. The van der Waals surface area contributed by atoms with Crippen molar-refractivity contribution >= 4 is 0 Å². The molecule has 0 saturated carbocycles. The highest BCUT2D eigenvalue weighted by Crippen LogP contribution is 2.13. The van der Waals surface area contributed by atoms with Crippen LogP contribution in [0.15, 0.2) is 24.5 Å². The van der Waals surface area contributed by atoms with Crippen LogP contribution in [0.1, 0.15) is 25.8 Å². The quantitative estimate of drug-likeness (QED) is 0.834. The zero-order chi connectivity index (χ0) is 11.4. The number of rotatable bonds is 4. The molecule has 3 heteroatoms. The lowest BCUT2D eigenvalue weighted by atomic mass is 10.2. The highest BCUT2D eigenvalue weighted by Gasteiger charge is 2.22. The summed E-state index contributed by atoms with van der Waals surface area (Å²) in [5.41, 5.74) is 1.36. The molecule has 0 amide bonds. The third-order valence-electron chi connectivity index (χ3n) is 3.00. The second-order valence-corrected chi connectivity index (χ2v) is 4.90. The summed E-state index contributed by atoms with van der Waals surface area (Å²) in [6.07, 6.45) is 5.01. The lowest BCUT2D eigenvalue weighted by Crippen LogP contribution is -2.36. The van der Waals surface area contributed by atoms with Crippen LogP contribution in [-0.2, 0) is 6.54 Å². The molecule has 1 aliphatic heterocycles. The molecule has 0 bridgehead atoms. The number of hydrogen-bond donors (Lipinski definition) is 1. The first-order valence-corrected chi connectivity index (χ1v) is 6.11. The van der Waals surface area contributed by atoms with E-state index in [2.05, 4.69) is 41.2 Å². The molecule has 2 heterocycles. The molecule has 88 valence electrons. The molecule has 1 unspecified atom stereocenters. The molecule has 1 aromatic heterocycles. The standard InChI is InChI=1S/C13H21N3/c1-11(2)15-13-5-8-16(10-13)9-12-3-6-14-7-4-12/h3-4,6-7,11,13,15H,5,8-10H2,1-2H3. The molecule has 1 fully saturated rings. The van der Waals surface area contributed by atoms with Gasteiger partial charge in [-0.25, -0.2) is 0 Å². The predicted octanol–water partition coefficient (Wildman–Crippen LogP) is 1.65. The van der Waals surface area contributed by atoms with E-state index < -0.39 is 0 Å². The van der Waals surface area contributed by atoms with Gasteiger partial charge in [-0.05, 0) is 24.1 Å². The van der Waals surface area contributed by atoms with Crippen LogP contribution in [0.3, 0.4) is 0 Å². The normalized spacial score (nSPS) is 21.8. The van der Waals surface area contributed by atoms with Crippen molar-refractivity contribution in [2.24, 2.45) is 0 Å². The van der Waals surface area contributed by atoms with E-state index in [1.54, 1.807) is 0 Å². The molecule has 0 spiro atoms. The summed E-state index contributed by atoms with van der Waals surface area (Å²) >= 11 is 0. The van der Waals surface area contributed by atoms with E-state index in [-0.39, 0.29) is 0 Å². The number of nitrogens with one attached hydrogen (secondary N) is 1. The van der Waals surface area contributed by atoms with Crippen molar-refractivity contribution in [1.29, 1.82) is 0 Å². The zero-order valence-corrected chi connectivity index (χ0v) is 10.2. The third kappa shape index (κ3) is 3.29. The first-order valence-electron chi connectivity index (χ1n) is 6.11. The molecule has 3 nitrogen and oxygen atoms in total. The topological polar surface area (TPSA) is 28.2 Å². The molecule has 16 heavy (non-hydrogen) atoms. The Hall–Kier alpha value is -0.930. The highest BCUT2D eigenvalue weighted by atomic mass is 15.2. The van der Waals surface area contributed by atoms with E-state index in [1.165, 1.54) is 25.1 Å². The zero-order valence-electron chi connectivity index (χ0n) is 10.2. The van der Waals surface area contributed by atoms with Gasteiger partial charge in [0.2, 0.25) is 0 Å². The largest absolute Gasteiger partial charge is 0.310 e. The van der Waals surface area contributed by atoms with Gasteiger partial charge in [0, 0.05) is 44.1 Å². The van der Waals surface area contributed by atoms with Crippen LogP contribution in [0.25, 0.3) is 0 Å². The van der Waals surface area contributed by atoms with Crippen molar-refractivity contribution in [2.75, 3.05) is 13.1 Å². The lowest BCUT2D eigenvalue weighted by molar-refractivity contribution is 0.317. The molecule has 1 saturated heterocycles. The van der Waals surface area contributed by atoms with Gasteiger partial charge < -0.3 is 5.32 Å². The lowest BCUT2D eigenvalue weighted by Gasteiger charge is -2.18. The Morgan fingerprint density at radius 2 is 2.19 bits per heavy atom. The number of pyridine rings is 1. The molecule has 1 aliphatic rings. The fourth-order valence-corrected chi connectivity index (χ4v) is 2.33. The van der Waals surface area contributed by atoms with Crippen LogP contribution >= 0.6 is 0 Å². The molecule has 1 N–H and O–H groups in total. The van der Waals surface area contributed by atoms with Gasteiger partial charge in [0.15, 0.2) is 0 Å². The first-order chi connectivity index (χ1) is 7.74. The van der Waals surface area contributed by atoms with E-state index >= 15 is 0 Å². The van der Waals surface area contributed by atoms with Crippen molar-refractivity contribution in [3.8, 4) is 0 Å². The van der Waals surface area contributed by atoms with E-state index in [4.69, 9.17) is 0 Å². The van der Waals surface area contributed by atoms with E-state index in [1.807, 2.05) is 12.4 Å². The number of hydrogen-bond acceptors (Lipinski definition) is 3. The second-order valence-electron chi connectivity index (χ2n) is 4.90. The van der Waals surface area contributed by atoms with Crippen LogP contribution in [0.2, 0.25) is 0 Å². The summed E-state index contributed by atoms with van der Waals surface area (Å²) in [6, 6.07) is 5.46. The summed E-state index contributed by atoms with van der Waals surface area (Å²) in [5, 5.41) is 3.60. The molecule has 0 aliphatic carbocycles. The average molecular weight is 219 g/mol. The molecular weight excluding hydrogens is 198 g/mol. The van der Waals surface area contributed by atoms with E-state index in [0.29, 0.717) is 12.1 Å². The monoisotopic (exact) mass is 219 g/mol. The van der Waals surface area contributed by atoms with Crippen LogP contribution in [0.5, 0.6) is 0 Å². The van der Waals surface area contributed by atoms with Gasteiger partial charge in [0.25, 0.3) is 0 Å². The van der Waals surface area contributed by atoms with E-state index in [0.717, 1.165) is 6.54 Å².